The Hall–Kier alpha value is -3.28. The number of pyridine rings is 2. The molecule has 0 atom stereocenters. The lowest BCUT2D eigenvalue weighted by atomic mass is 10.1. The first-order valence-corrected chi connectivity index (χ1v) is 9.21. The van der Waals surface area contributed by atoms with E-state index in [1.807, 2.05) is 24.3 Å². The third kappa shape index (κ3) is 5.36. The summed E-state index contributed by atoms with van der Waals surface area (Å²) in [6.07, 6.45) is 6.46. The highest BCUT2D eigenvalue weighted by Crippen LogP contribution is 2.11. The van der Waals surface area contributed by atoms with Gasteiger partial charge >= 0.3 is 0 Å². The van der Waals surface area contributed by atoms with Crippen LogP contribution in [0.25, 0.3) is 0 Å². The molecule has 0 aliphatic heterocycles. The minimum Gasteiger partial charge on any atom is -0.383 e. The molecule has 0 saturated heterocycles. The van der Waals surface area contributed by atoms with Gasteiger partial charge in [-0.05, 0) is 54.3 Å². The summed E-state index contributed by atoms with van der Waals surface area (Å²) in [5.41, 5.74) is 3.01. The number of nitrogens with one attached hydrogen (secondary N) is 1. The molecule has 5 nitrogen and oxygen atoms in total. The minimum atomic E-state index is -0.196. The molecule has 1 amide bonds. The molecule has 28 heavy (non-hydrogen) atoms. The van der Waals surface area contributed by atoms with Crippen LogP contribution in [-0.4, -0.2) is 40.9 Å². The van der Waals surface area contributed by atoms with Crippen molar-refractivity contribution in [1.82, 2.24) is 14.9 Å². The average Bonchev–Trinajstić information content (AvgIpc) is 2.74. The van der Waals surface area contributed by atoms with E-state index in [2.05, 4.69) is 15.3 Å². The zero-order chi connectivity index (χ0) is 19.8. The Bertz CT molecular complexity index is 900. The van der Waals surface area contributed by atoms with Gasteiger partial charge in [0.05, 0.1) is 11.9 Å². The third-order valence-electron chi connectivity index (χ3n) is 4.50. The second kappa shape index (κ2) is 9.60. The van der Waals surface area contributed by atoms with Gasteiger partial charge in [0.2, 0.25) is 0 Å². The van der Waals surface area contributed by atoms with Crippen LogP contribution in [-0.2, 0) is 12.8 Å². The number of nitrogens with zero attached hydrogens (tertiary/aromatic N) is 3. The van der Waals surface area contributed by atoms with E-state index in [-0.39, 0.29) is 11.7 Å². The molecule has 0 bridgehead atoms. The van der Waals surface area contributed by atoms with Crippen molar-refractivity contribution in [3.63, 3.8) is 0 Å². The zero-order valence-corrected chi connectivity index (χ0v) is 15.8. The highest BCUT2D eigenvalue weighted by molar-refractivity contribution is 5.92. The van der Waals surface area contributed by atoms with Crippen LogP contribution in [0, 0.1) is 5.82 Å². The normalized spacial score (nSPS) is 10.5. The predicted octanol–water partition coefficient (Wildman–Crippen LogP) is 3.59. The molecule has 3 rings (SSSR count). The van der Waals surface area contributed by atoms with E-state index in [1.54, 1.807) is 48.7 Å². The van der Waals surface area contributed by atoms with Crippen LogP contribution in [0.1, 0.15) is 21.6 Å². The number of anilines is 1. The van der Waals surface area contributed by atoms with Crippen molar-refractivity contribution in [3.8, 4) is 0 Å². The van der Waals surface area contributed by atoms with Crippen molar-refractivity contribution in [1.29, 1.82) is 0 Å². The summed E-state index contributed by atoms with van der Waals surface area (Å²) in [5.74, 6) is -0.315. The monoisotopic (exact) mass is 378 g/mol. The van der Waals surface area contributed by atoms with Crippen molar-refractivity contribution >= 4 is 11.6 Å². The van der Waals surface area contributed by atoms with Crippen molar-refractivity contribution in [3.05, 3.63) is 89.8 Å². The SMILES string of the molecule is CN(CCc1ccncc1)C(=O)c1ccc(NCCc2ccccc2F)cn1. The maximum Gasteiger partial charge on any atom is 0.272 e. The number of carbonyl (C=O) groups is 1. The fourth-order valence-electron chi connectivity index (χ4n) is 2.81. The molecule has 144 valence electrons. The Morgan fingerprint density at radius 2 is 1.86 bits per heavy atom. The number of aromatic nitrogens is 2. The quantitative estimate of drug-likeness (QED) is 0.651. The van der Waals surface area contributed by atoms with E-state index >= 15 is 0 Å². The van der Waals surface area contributed by atoms with E-state index in [9.17, 15) is 9.18 Å². The Kier molecular flexibility index (Phi) is 6.68. The van der Waals surface area contributed by atoms with Crippen LogP contribution in [0.15, 0.2) is 67.1 Å². The van der Waals surface area contributed by atoms with Gasteiger partial charge < -0.3 is 10.2 Å². The van der Waals surface area contributed by atoms with Crippen molar-refractivity contribution in [2.45, 2.75) is 12.8 Å². The van der Waals surface area contributed by atoms with Crippen molar-refractivity contribution in [2.75, 3.05) is 25.5 Å². The second-order valence-electron chi connectivity index (χ2n) is 6.53. The lowest BCUT2D eigenvalue weighted by Crippen LogP contribution is -2.29. The molecule has 2 heterocycles. The average molecular weight is 378 g/mol. The van der Waals surface area contributed by atoms with Crippen LogP contribution in [0.2, 0.25) is 0 Å². The first-order chi connectivity index (χ1) is 13.6. The van der Waals surface area contributed by atoms with Gasteiger partial charge in [-0.3, -0.25) is 9.78 Å². The summed E-state index contributed by atoms with van der Waals surface area (Å²) < 4.78 is 13.6. The molecule has 6 heteroatoms. The maximum absolute atomic E-state index is 13.6. The number of rotatable bonds is 8. The smallest absolute Gasteiger partial charge is 0.272 e. The Morgan fingerprint density at radius 1 is 1.07 bits per heavy atom. The van der Waals surface area contributed by atoms with E-state index in [0.717, 1.165) is 17.7 Å². The van der Waals surface area contributed by atoms with E-state index in [4.69, 9.17) is 0 Å². The second-order valence-corrected chi connectivity index (χ2v) is 6.53. The molecule has 0 spiro atoms. The lowest BCUT2D eigenvalue weighted by Gasteiger charge is -2.17. The number of halogens is 1. The summed E-state index contributed by atoms with van der Waals surface area (Å²) in [5, 5.41) is 3.20. The van der Waals surface area contributed by atoms with Crippen LogP contribution in [0.5, 0.6) is 0 Å². The van der Waals surface area contributed by atoms with Crippen molar-refractivity contribution in [2.24, 2.45) is 0 Å². The molecule has 1 aromatic carbocycles. The fraction of sp³-hybridized carbons (Fsp3) is 0.227. The topological polar surface area (TPSA) is 58.1 Å². The molecule has 0 saturated carbocycles. The van der Waals surface area contributed by atoms with Gasteiger partial charge in [0.15, 0.2) is 0 Å². The number of benzene rings is 1. The van der Waals surface area contributed by atoms with Gasteiger partial charge in [-0.15, -0.1) is 0 Å². The van der Waals surface area contributed by atoms with E-state index < -0.39 is 0 Å². The number of hydrogen-bond acceptors (Lipinski definition) is 4. The Balaban J connectivity index is 1.49. The molecule has 0 aliphatic rings. The number of hydrogen-bond donors (Lipinski definition) is 1. The van der Waals surface area contributed by atoms with Gasteiger partial charge in [0.25, 0.3) is 5.91 Å². The van der Waals surface area contributed by atoms with Crippen LogP contribution < -0.4 is 5.32 Å². The summed E-state index contributed by atoms with van der Waals surface area (Å²) in [6.45, 7) is 1.19. The minimum absolute atomic E-state index is 0.119. The van der Waals surface area contributed by atoms with Crippen molar-refractivity contribution < 1.29 is 9.18 Å². The van der Waals surface area contributed by atoms with Gasteiger partial charge in [-0.1, -0.05) is 18.2 Å². The standard InChI is InChI=1S/C22H23FN4O/c1-27(15-11-17-8-12-24-13-9-17)22(28)21-7-6-19(16-26-21)25-14-10-18-4-2-3-5-20(18)23/h2-9,12-13,16,25H,10-11,14-15H2,1H3. The lowest BCUT2D eigenvalue weighted by molar-refractivity contribution is 0.0791. The Labute approximate surface area is 164 Å². The maximum atomic E-state index is 13.6. The van der Waals surface area contributed by atoms with Gasteiger partial charge in [-0.2, -0.15) is 0 Å². The summed E-state index contributed by atoms with van der Waals surface area (Å²) in [6, 6.07) is 14.2. The zero-order valence-electron chi connectivity index (χ0n) is 15.8. The molecular weight excluding hydrogens is 355 g/mol. The molecular formula is C22H23FN4O. The van der Waals surface area contributed by atoms with Gasteiger partial charge in [0.1, 0.15) is 11.5 Å². The molecule has 2 aromatic heterocycles. The molecule has 0 radical (unpaired) electrons. The van der Waals surface area contributed by atoms with Gasteiger partial charge in [0, 0.05) is 32.5 Å². The molecule has 0 unspecified atom stereocenters. The summed E-state index contributed by atoms with van der Waals surface area (Å²) in [4.78, 5) is 22.4. The van der Waals surface area contributed by atoms with E-state index in [0.29, 0.717) is 30.8 Å². The molecule has 1 N–H and O–H groups in total. The van der Waals surface area contributed by atoms with Gasteiger partial charge in [-0.25, -0.2) is 9.37 Å². The van der Waals surface area contributed by atoms with Crippen LogP contribution in [0.4, 0.5) is 10.1 Å². The number of likely N-dealkylation sites (N-methyl/N-ethyl adjacent to an activating group) is 1. The Morgan fingerprint density at radius 3 is 2.57 bits per heavy atom. The van der Waals surface area contributed by atoms with Crippen LogP contribution in [0.3, 0.4) is 0 Å². The third-order valence-corrected chi connectivity index (χ3v) is 4.50. The fourth-order valence-corrected chi connectivity index (χ4v) is 2.81. The summed E-state index contributed by atoms with van der Waals surface area (Å²) in [7, 11) is 1.77. The number of amides is 1. The molecule has 3 aromatic rings. The first kappa shape index (κ1) is 19.5. The molecule has 0 fully saturated rings. The first-order valence-electron chi connectivity index (χ1n) is 9.21. The largest absolute Gasteiger partial charge is 0.383 e. The predicted molar refractivity (Wildman–Crippen MR) is 108 cm³/mol. The van der Waals surface area contributed by atoms with Crippen LogP contribution >= 0.6 is 0 Å². The highest BCUT2D eigenvalue weighted by Gasteiger charge is 2.13. The molecule has 0 aliphatic carbocycles. The highest BCUT2D eigenvalue weighted by atomic mass is 19.1. The summed E-state index contributed by atoms with van der Waals surface area (Å²) >= 11 is 0. The number of carbonyl (C=O) groups excluding carboxylic acids is 1. The van der Waals surface area contributed by atoms with E-state index in [1.165, 1.54) is 6.07 Å².